The lowest BCUT2D eigenvalue weighted by Crippen LogP contribution is -2.38. The molecule has 1 aromatic heterocycles. The van der Waals surface area contributed by atoms with E-state index in [1.165, 1.54) is 28.8 Å². The molecule has 2 heterocycles. The number of benzene rings is 1. The van der Waals surface area contributed by atoms with Crippen molar-refractivity contribution >= 4 is 22.2 Å². The van der Waals surface area contributed by atoms with Gasteiger partial charge in [0.15, 0.2) is 0 Å². The first-order chi connectivity index (χ1) is 12.9. The minimum Gasteiger partial charge on any atom is -0.353 e. The van der Waals surface area contributed by atoms with Gasteiger partial charge >= 0.3 is 0 Å². The van der Waals surface area contributed by atoms with Crippen LogP contribution in [0.25, 0.3) is 0 Å². The lowest BCUT2D eigenvalue weighted by molar-refractivity contribution is 0.0934. The number of carbonyl (C=O) groups excluding carboxylic acids is 1. The van der Waals surface area contributed by atoms with Crippen LogP contribution in [0.2, 0.25) is 0 Å². The van der Waals surface area contributed by atoms with Crippen LogP contribution in [-0.2, 0) is 19.3 Å². The lowest BCUT2D eigenvalue weighted by Gasteiger charge is -2.36. The third kappa shape index (κ3) is 3.29. The fourth-order valence-electron chi connectivity index (χ4n) is 4.37. The van der Waals surface area contributed by atoms with Gasteiger partial charge in [0.25, 0.3) is 5.91 Å². The number of amides is 1. The van der Waals surface area contributed by atoms with Gasteiger partial charge < -0.3 is 10.6 Å². The third-order valence-electron chi connectivity index (χ3n) is 6.78. The molecule has 3 nitrogen and oxygen atoms in total. The van der Waals surface area contributed by atoms with Crippen LogP contribution in [0.4, 0.5) is 5.00 Å². The fraction of sp³-hybridized carbons (Fsp3) is 0.522. The van der Waals surface area contributed by atoms with Crippen LogP contribution >= 0.6 is 11.3 Å². The summed E-state index contributed by atoms with van der Waals surface area (Å²) in [5.41, 5.74) is 4.99. The van der Waals surface area contributed by atoms with E-state index in [2.05, 4.69) is 62.6 Å². The lowest BCUT2D eigenvalue weighted by atomic mass is 9.69. The summed E-state index contributed by atoms with van der Waals surface area (Å²) in [5.74, 6) is 0.787. The Kier molecular flexibility index (Phi) is 4.79. The molecule has 0 saturated heterocycles. The largest absolute Gasteiger partial charge is 0.353 e. The first-order valence-corrected chi connectivity index (χ1v) is 11.0. The molecule has 1 aliphatic carbocycles. The summed E-state index contributed by atoms with van der Waals surface area (Å²) >= 11 is 1.81. The molecular weight excluding hydrogens is 352 g/mol. The first-order valence-electron chi connectivity index (χ1n) is 10.2. The summed E-state index contributed by atoms with van der Waals surface area (Å²) in [7, 11) is 0. The van der Waals surface area contributed by atoms with Crippen molar-refractivity contribution in [2.75, 3.05) is 5.32 Å². The van der Waals surface area contributed by atoms with Crippen LogP contribution in [-0.4, -0.2) is 5.91 Å². The van der Waals surface area contributed by atoms with Crippen molar-refractivity contribution in [2.24, 2.45) is 11.3 Å². The second-order valence-corrected chi connectivity index (χ2v) is 9.74. The van der Waals surface area contributed by atoms with E-state index < -0.39 is 0 Å². The summed E-state index contributed by atoms with van der Waals surface area (Å²) in [6, 6.07) is 8.54. The van der Waals surface area contributed by atoms with E-state index in [9.17, 15) is 4.79 Å². The molecule has 1 amide bonds. The van der Waals surface area contributed by atoms with Gasteiger partial charge in [0, 0.05) is 4.88 Å². The summed E-state index contributed by atoms with van der Waals surface area (Å²) in [4.78, 5) is 14.3. The molecule has 0 spiro atoms. The minimum atomic E-state index is -0.140. The number of hydrogen-bond acceptors (Lipinski definition) is 3. The average Bonchev–Trinajstić information content (AvgIpc) is 3.06. The van der Waals surface area contributed by atoms with Gasteiger partial charge in [-0.25, -0.2) is 0 Å². The van der Waals surface area contributed by atoms with Gasteiger partial charge in [-0.2, -0.15) is 0 Å². The van der Waals surface area contributed by atoms with E-state index in [1.54, 1.807) is 11.3 Å². The predicted octanol–water partition coefficient (Wildman–Crippen LogP) is 5.71. The molecule has 27 heavy (non-hydrogen) atoms. The van der Waals surface area contributed by atoms with Crippen molar-refractivity contribution in [2.45, 2.75) is 66.0 Å². The standard InChI is InChI=1S/C23H30N2OS/c1-5-14-7-9-15(10-8-14)20-24-21(26)19-17-12-11-16(23(3,4)6-2)13-18(17)27-22(19)25-20/h7-10,16,20,25H,5-6,11-13H2,1-4H3,(H,24,26)/t16-,20+/m1/s1. The van der Waals surface area contributed by atoms with E-state index in [-0.39, 0.29) is 12.1 Å². The van der Waals surface area contributed by atoms with Crippen molar-refractivity contribution in [1.82, 2.24) is 5.32 Å². The average molecular weight is 383 g/mol. The number of aryl methyl sites for hydroxylation is 1. The number of carbonyl (C=O) groups is 1. The Hall–Kier alpha value is -1.81. The number of rotatable bonds is 4. The van der Waals surface area contributed by atoms with Crippen LogP contribution in [0.1, 0.15) is 78.6 Å². The van der Waals surface area contributed by atoms with Crippen LogP contribution < -0.4 is 10.6 Å². The molecular formula is C23H30N2OS. The molecule has 2 N–H and O–H groups in total. The van der Waals surface area contributed by atoms with Gasteiger partial charge in [0.1, 0.15) is 11.2 Å². The molecule has 1 aliphatic heterocycles. The highest BCUT2D eigenvalue weighted by atomic mass is 32.1. The maximum Gasteiger partial charge on any atom is 0.256 e. The molecule has 0 bridgehead atoms. The summed E-state index contributed by atoms with van der Waals surface area (Å²) in [6.07, 6.45) is 5.42. The molecule has 0 radical (unpaired) electrons. The molecule has 144 valence electrons. The zero-order valence-electron chi connectivity index (χ0n) is 16.8. The highest BCUT2D eigenvalue weighted by Crippen LogP contribution is 2.46. The Morgan fingerprint density at radius 3 is 2.56 bits per heavy atom. The highest BCUT2D eigenvalue weighted by Gasteiger charge is 2.37. The number of hydrogen-bond donors (Lipinski definition) is 2. The van der Waals surface area contributed by atoms with E-state index in [0.717, 1.165) is 35.4 Å². The van der Waals surface area contributed by atoms with Crippen molar-refractivity contribution in [3.05, 3.63) is 51.4 Å². The van der Waals surface area contributed by atoms with Crippen molar-refractivity contribution in [1.29, 1.82) is 0 Å². The van der Waals surface area contributed by atoms with Gasteiger partial charge in [-0.3, -0.25) is 4.79 Å². The molecule has 0 unspecified atom stereocenters. The van der Waals surface area contributed by atoms with Crippen LogP contribution in [0.5, 0.6) is 0 Å². The first kappa shape index (κ1) is 18.5. The summed E-state index contributed by atoms with van der Waals surface area (Å²) < 4.78 is 0. The Labute approximate surface area is 166 Å². The van der Waals surface area contributed by atoms with Crippen molar-refractivity contribution in [3.8, 4) is 0 Å². The maximum atomic E-state index is 12.9. The Morgan fingerprint density at radius 1 is 1.15 bits per heavy atom. The highest BCUT2D eigenvalue weighted by molar-refractivity contribution is 7.16. The van der Waals surface area contributed by atoms with Gasteiger partial charge in [0.2, 0.25) is 0 Å². The molecule has 0 saturated carbocycles. The Bertz CT molecular complexity index is 850. The van der Waals surface area contributed by atoms with Gasteiger partial charge in [-0.05, 0) is 53.7 Å². The number of anilines is 1. The molecule has 0 fully saturated rings. The zero-order chi connectivity index (χ0) is 19.2. The summed E-state index contributed by atoms with van der Waals surface area (Å²) in [6.45, 7) is 9.22. The maximum absolute atomic E-state index is 12.9. The van der Waals surface area contributed by atoms with Crippen LogP contribution in [0.3, 0.4) is 0 Å². The van der Waals surface area contributed by atoms with E-state index in [0.29, 0.717) is 11.3 Å². The second-order valence-electron chi connectivity index (χ2n) is 8.64. The van der Waals surface area contributed by atoms with Gasteiger partial charge in [-0.1, -0.05) is 58.4 Å². The predicted molar refractivity (Wildman–Crippen MR) is 114 cm³/mol. The molecule has 1 aromatic carbocycles. The number of nitrogens with one attached hydrogen (secondary N) is 2. The molecule has 4 heteroatoms. The summed E-state index contributed by atoms with van der Waals surface area (Å²) in [5, 5.41) is 7.82. The van der Waals surface area contributed by atoms with E-state index >= 15 is 0 Å². The van der Waals surface area contributed by atoms with Crippen LogP contribution in [0.15, 0.2) is 24.3 Å². The molecule has 2 aliphatic rings. The van der Waals surface area contributed by atoms with Crippen LogP contribution in [0, 0.1) is 11.3 Å². The number of fused-ring (bicyclic) bond motifs is 3. The van der Waals surface area contributed by atoms with Gasteiger partial charge in [0.05, 0.1) is 5.56 Å². The second kappa shape index (κ2) is 6.97. The Morgan fingerprint density at radius 2 is 1.89 bits per heavy atom. The van der Waals surface area contributed by atoms with E-state index in [4.69, 9.17) is 0 Å². The van der Waals surface area contributed by atoms with Gasteiger partial charge in [-0.15, -0.1) is 11.3 Å². The zero-order valence-corrected chi connectivity index (χ0v) is 17.6. The monoisotopic (exact) mass is 382 g/mol. The van der Waals surface area contributed by atoms with Crippen molar-refractivity contribution < 1.29 is 4.79 Å². The molecule has 2 aromatic rings. The molecule has 2 atom stereocenters. The minimum absolute atomic E-state index is 0.0824. The quantitative estimate of drug-likeness (QED) is 0.711. The Balaban J connectivity index is 1.60. The third-order valence-corrected chi connectivity index (χ3v) is 7.97. The molecule has 4 rings (SSSR count). The normalized spacial score (nSPS) is 21.9. The number of thiophene rings is 1. The SMILES string of the molecule is CCc1ccc([C@H]2NC(=O)c3c(sc4c3CC[C@@H](C(C)(C)CC)C4)N2)cc1. The van der Waals surface area contributed by atoms with E-state index in [1.807, 2.05) is 0 Å². The fourth-order valence-corrected chi connectivity index (χ4v) is 5.72. The smallest absolute Gasteiger partial charge is 0.256 e. The van der Waals surface area contributed by atoms with Crippen molar-refractivity contribution in [3.63, 3.8) is 0 Å². The topological polar surface area (TPSA) is 41.1 Å².